The number of benzene rings is 5. The molecule has 0 aliphatic carbocycles. The number of carbonyl (C=O) groups excluding carboxylic acids is 4. The number of hydrogen-bond acceptors (Lipinski definition) is 7. The third-order valence-electron chi connectivity index (χ3n) is 10.7. The zero-order valence-corrected chi connectivity index (χ0v) is 37.8. The van der Waals surface area contributed by atoms with Crippen LogP contribution < -0.4 is 10.6 Å². The van der Waals surface area contributed by atoms with Crippen molar-refractivity contribution in [1.82, 2.24) is 9.80 Å². The summed E-state index contributed by atoms with van der Waals surface area (Å²) in [7, 11) is 0. The van der Waals surface area contributed by atoms with Gasteiger partial charge in [-0.2, -0.15) is 0 Å². The van der Waals surface area contributed by atoms with E-state index in [1.165, 1.54) is 34.4 Å². The van der Waals surface area contributed by atoms with Crippen LogP contribution in [0.3, 0.4) is 0 Å². The maximum atomic E-state index is 13.8. The summed E-state index contributed by atoms with van der Waals surface area (Å²) in [5.74, 6) is -5.24. The Morgan fingerprint density at radius 1 is 0.576 bits per heavy atom. The minimum Gasteiger partial charge on any atom is -0.454 e. The molecule has 3 amide bonds. The summed E-state index contributed by atoms with van der Waals surface area (Å²) < 4.78 is 64.4. The zero-order chi connectivity index (χ0) is 47.8. The fourth-order valence-corrected chi connectivity index (χ4v) is 7.34. The van der Waals surface area contributed by atoms with Gasteiger partial charge in [0.15, 0.2) is 0 Å². The van der Waals surface area contributed by atoms with Crippen molar-refractivity contribution in [1.29, 1.82) is 0 Å². The van der Waals surface area contributed by atoms with Gasteiger partial charge in [0.2, 0.25) is 0 Å². The summed E-state index contributed by atoms with van der Waals surface area (Å²) >= 11 is 4.72. The molecule has 0 radical (unpaired) electrons. The largest absolute Gasteiger partial charge is 0.454 e. The maximum absolute atomic E-state index is 13.8. The molecule has 5 aromatic rings. The van der Waals surface area contributed by atoms with Crippen LogP contribution in [0.25, 0.3) is 11.1 Å². The number of nitrogens with one attached hydrogen (secondary N) is 2. The van der Waals surface area contributed by atoms with Gasteiger partial charge >= 0.3 is 11.5 Å². The normalized spacial score (nSPS) is 13.7. The smallest absolute Gasteiger partial charge is 0.410 e. The lowest BCUT2D eigenvalue weighted by Gasteiger charge is -2.30. The van der Waals surface area contributed by atoms with Crippen LogP contribution in [0, 0.1) is 23.3 Å². The number of nitrogens with zero attached hydrogens (tertiary/aromatic N) is 2. The van der Waals surface area contributed by atoms with Gasteiger partial charge in [0, 0.05) is 55.7 Å². The topological polar surface area (TPSA) is 117 Å². The second-order valence-electron chi connectivity index (χ2n) is 15.3. The molecule has 2 N–H and O–H groups in total. The SMILES string of the molecule is CC1=C(c2ccc(NC(=O)c3c(F)cccc3F)cc2)CN(Cc2ccccc2)CC1.CCOC(=O)Cl.CCOC(=O)N1CCC(C)=C(c2ccc(NC(=O)c3c(F)cccc3F)cc2)C1. The molecule has 2 aliphatic rings. The second kappa shape index (κ2) is 24.5. The van der Waals surface area contributed by atoms with E-state index in [9.17, 15) is 36.7 Å². The molecule has 5 aromatic carbocycles. The highest BCUT2D eigenvalue weighted by atomic mass is 35.5. The summed E-state index contributed by atoms with van der Waals surface area (Å²) in [4.78, 5) is 50.2. The van der Waals surface area contributed by atoms with Gasteiger partial charge in [-0.25, -0.2) is 27.2 Å². The summed E-state index contributed by atoms with van der Waals surface area (Å²) in [5.41, 5.74) is 7.09. The maximum Gasteiger partial charge on any atom is 0.410 e. The molecule has 0 aromatic heterocycles. The molecule has 0 saturated carbocycles. The van der Waals surface area contributed by atoms with Crippen molar-refractivity contribution in [3.63, 3.8) is 0 Å². The zero-order valence-electron chi connectivity index (χ0n) is 37.1. The van der Waals surface area contributed by atoms with Crippen LogP contribution in [0.1, 0.15) is 77.9 Å². The van der Waals surface area contributed by atoms with Gasteiger partial charge in [-0.15, -0.1) is 0 Å². The number of anilines is 2. The van der Waals surface area contributed by atoms with E-state index in [-0.39, 0.29) is 6.09 Å². The molecule has 66 heavy (non-hydrogen) atoms. The van der Waals surface area contributed by atoms with Crippen molar-refractivity contribution in [2.75, 3.05) is 50.0 Å². The van der Waals surface area contributed by atoms with E-state index in [1.807, 2.05) is 25.1 Å². The van der Waals surface area contributed by atoms with Crippen molar-refractivity contribution in [3.05, 3.63) is 177 Å². The predicted octanol–water partition coefficient (Wildman–Crippen LogP) is 12.1. The van der Waals surface area contributed by atoms with Crippen molar-refractivity contribution in [2.24, 2.45) is 0 Å². The van der Waals surface area contributed by atoms with Crippen molar-refractivity contribution < 1.29 is 46.2 Å². The van der Waals surface area contributed by atoms with E-state index in [1.54, 1.807) is 55.1 Å². The van der Waals surface area contributed by atoms with Gasteiger partial charge in [-0.1, -0.05) is 77.9 Å². The van der Waals surface area contributed by atoms with Crippen LogP contribution in [-0.2, 0) is 16.0 Å². The van der Waals surface area contributed by atoms with Crippen molar-refractivity contribution in [3.8, 4) is 0 Å². The Hall–Kier alpha value is -6.77. The van der Waals surface area contributed by atoms with Crippen molar-refractivity contribution >= 4 is 57.5 Å². The Morgan fingerprint density at radius 3 is 1.44 bits per heavy atom. The first-order chi connectivity index (χ1) is 31.7. The van der Waals surface area contributed by atoms with Gasteiger partial charge in [0.1, 0.15) is 34.4 Å². The molecule has 0 unspecified atom stereocenters. The molecule has 15 heteroatoms. The molecule has 0 saturated heterocycles. The average Bonchev–Trinajstić information content (AvgIpc) is 3.28. The first-order valence-corrected chi connectivity index (χ1v) is 21.7. The van der Waals surface area contributed by atoms with E-state index in [0.717, 1.165) is 73.4 Å². The predicted molar refractivity (Wildman–Crippen MR) is 249 cm³/mol. The Balaban J connectivity index is 0.000000221. The molecule has 0 spiro atoms. The Labute approximate surface area is 386 Å². The Morgan fingerprint density at radius 2 is 1.02 bits per heavy atom. The van der Waals surface area contributed by atoms with Crippen LogP contribution >= 0.6 is 11.6 Å². The first-order valence-electron chi connectivity index (χ1n) is 21.3. The van der Waals surface area contributed by atoms with E-state index in [4.69, 9.17) is 16.3 Å². The van der Waals surface area contributed by atoms with Gasteiger partial charge in [0.05, 0.1) is 13.2 Å². The highest BCUT2D eigenvalue weighted by molar-refractivity contribution is 6.61. The molecule has 0 atom stereocenters. The molecule has 10 nitrogen and oxygen atoms in total. The first kappa shape index (κ1) is 50.2. The lowest BCUT2D eigenvalue weighted by atomic mass is 9.94. The van der Waals surface area contributed by atoms with E-state index >= 15 is 0 Å². The Bertz CT molecular complexity index is 2510. The number of hydrogen-bond donors (Lipinski definition) is 2. The van der Waals surface area contributed by atoms with Crippen LogP contribution in [-0.4, -0.2) is 72.5 Å². The van der Waals surface area contributed by atoms with Crippen molar-refractivity contribution in [2.45, 2.75) is 47.1 Å². The molecule has 346 valence electrons. The highest BCUT2D eigenvalue weighted by Crippen LogP contribution is 2.30. The van der Waals surface area contributed by atoms with Crippen LogP contribution in [0.4, 0.5) is 38.5 Å². The Kier molecular flexibility index (Phi) is 18.6. The molecule has 7 rings (SSSR count). The summed E-state index contributed by atoms with van der Waals surface area (Å²) in [5, 5.41) is 5.08. The molecule has 0 fully saturated rings. The lowest BCUT2D eigenvalue weighted by molar-refractivity contribution is 0.101. The minimum absolute atomic E-state index is 0.324. The van der Waals surface area contributed by atoms with Gasteiger partial charge in [0.25, 0.3) is 11.8 Å². The number of amides is 3. The molecular formula is C51H51ClF4N4O6. The monoisotopic (exact) mass is 926 g/mol. The minimum atomic E-state index is -0.916. The molecule has 2 aliphatic heterocycles. The van der Waals surface area contributed by atoms with E-state index in [2.05, 4.69) is 51.5 Å². The standard InChI is InChI=1S/C26H24F2N2O.C22H22F2N2O3.C3H5ClO2/c1-18-14-15-30(16-19-6-3-2-4-7-19)17-22(18)20-10-12-21(13-11-20)29-26(31)25-23(27)8-5-9-24(25)28;1-3-29-22(28)26-12-11-14(2)17(13-26)15-7-9-16(10-8-15)25-21(27)20-18(23)5-4-6-19(20)24;1-2-6-3(4)5/h2-13H,14-17H2,1H3,(H,29,31);4-10H,3,11-13H2,1-2H3,(H,25,27);2H2,1H3. The molecule has 2 heterocycles. The number of rotatable bonds is 10. The second-order valence-corrected chi connectivity index (χ2v) is 15.6. The van der Waals surface area contributed by atoms with E-state index < -0.39 is 51.6 Å². The fourth-order valence-electron chi connectivity index (χ4n) is 7.23. The lowest BCUT2D eigenvalue weighted by Crippen LogP contribution is -2.36. The van der Waals surface area contributed by atoms with Gasteiger partial charge < -0.3 is 25.0 Å². The number of halogens is 5. The summed E-state index contributed by atoms with van der Waals surface area (Å²) in [6, 6.07) is 31.4. The van der Waals surface area contributed by atoms with Crippen LogP contribution in [0.5, 0.6) is 0 Å². The third kappa shape index (κ3) is 14.1. The van der Waals surface area contributed by atoms with Gasteiger partial charge in [-0.3, -0.25) is 14.5 Å². The van der Waals surface area contributed by atoms with Crippen LogP contribution in [0.15, 0.2) is 126 Å². The molecule has 0 bridgehead atoms. The quantitative estimate of drug-likeness (QED) is 0.106. The fraction of sp³-hybridized carbons (Fsp3) is 0.255. The molecular weight excluding hydrogens is 876 g/mol. The average molecular weight is 927 g/mol. The number of carbonyl (C=O) groups is 4. The van der Waals surface area contributed by atoms with E-state index in [0.29, 0.717) is 37.7 Å². The summed E-state index contributed by atoms with van der Waals surface area (Å²) in [6.07, 6.45) is 1.42. The van der Waals surface area contributed by atoms with Gasteiger partial charge in [-0.05, 0) is 117 Å². The highest BCUT2D eigenvalue weighted by Gasteiger charge is 2.24. The van der Waals surface area contributed by atoms with Crippen LogP contribution in [0.2, 0.25) is 0 Å². The third-order valence-corrected chi connectivity index (χ3v) is 10.8. The number of ether oxygens (including phenoxy) is 2. The summed E-state index contributed by atoms with van der Waals surface area (Å²) in [6.45, 7) is 12.1.